The summed E-state index contributed by atoms with van der Waals surface area (Å²) in [7, 11) is 0. The van der Waals surface area contributed by atoms with Crippen LogP contribution in [-0.2, 0) is 0 Å². The Kier molecular flexibility index (Phi) is 3.67. The van der Waals surface area contributed by atoms with E-state index in [4.69, 9.17) is 10.2 Å². The lowest BCUT2D eigenvalue weighted by molar-refractivity contribution is 0.508. The minimum Gasteiger partial charge on any atom is -0.458 e. The summed E-state index contributed by atoms with van der Waals surface area (Å²) in [4.78, 5) is 0. The van der Waals surface area contributed by atoms with E-state index < -0.39 is 6.04 Å². The average molecular weight is 399 g/mol. The number of fused-ring (bicyclic) bond motifs is 1. The maximum Gasteiger partial charge on any atom is 0.148 e. The fourth-order valence-electron chi connectivity index (χ4n) is 2.11. The third-order valence-electron chi connectivity index (χ3n) is 3.14. The summed E-state index contributed by atoms with van der Waals surface area (Å²) in [6.45, 7) is 0. The fourth-order valence-corrected chi connectivity index (χ4v) is 2.96. The highest BCUT2D eigenvalue weighted by atomic mass is 79.9. The molecule has 102 valence electrons. The van der Waals surface area contributed by atoms with Gasteiger partial charge in [0.25, 0.3) is 0 Å². The van der Waals surface area contributed by atoms with Gasteiger partial charge in [-0.1, -0.05) is 24.3 Å². The van der Waals surface area contributed by atoms with Crippen molar-refractivity contribution in [2.24, 2.45) is 5.73 Å². The zero-order valence-corrected chi connectivity index (χ0v) is 13.4. The summed E-state index contributed by atoms with van der Waals surface area (Å²) in [6.07, 6.45) is 0. The topological polar surface area (TPSA) is 39.2 Å². The van der Waals surface area contributed by atoms with E-state index in [-0.39, 0.29) is 5.82 Å². The normalized spacial score (nSPS) is 12.8. The van der Waals surface area contributed by atoms with E-state index in [1.807, 2.05) is 24.3 Å². The summed E-state index contributed by atoms with van der Waals surface area (Å²) in [5.41, 5.74) is 7.24. The standard InChI is InChI=1S/C15H10Br2FNO/c16-10-5-2-4-9(13(10)18)14(19)12-7-8-3-1-6-11(17)15(8)20-12/h1-7,14H,19H2. The van der Waals surface area contributed by atoms with Gasteiger partial charge in [-0.15, -0.1) is 0 Å². The van der Waals surface area contributed by atoms with Crippen molar-refractivity contribution in [3.63, 3.8) is 0 Å². The van der Waals surface area contributed by atoms with Gasteiger partial charge in [0.2, 0.25) is 0 Å². The Balaban J connectivity index is 2.10. The van der Waals surface area contributed by atoms with Crippen molar-refractivity contribution in [3.05, 3.63) is 68.6 Å². The van der Waals surface area contributed by atoms with Gasteiger partial charge in [-0.05, 0) is 50.1 Å². The molecule has 0 bridgehead atoms. The molecule has 0 saturated heterocycles. The Morgan fingerprint density at radius 3 is 2.50 bits per heavy atom. The van der Waals surface area contributed by atoms with Gasteiger partial charge in [0, 0.05) is 10.9 Å². The van der Waals surface area contributed by atoms with Crippen molar-refractivity contribution in [2.45, 2.75) is 6.04 Å². The highest BCUT2D eigenvalue weighted by molar-refractivity contribution is 9.11. The second-order valence-corrected chi connectivity index (χ2v) is 6.14. The van der Waals surface area contributed by atoms with E-state index in [0.29, 0.717) is 21.4 Å². The number of benzene rings is 2. The maximum absolute atomic E-state index is 14.1. The first-order valence-electron chi connectivity index (χ1n) is 5.95. The molecular weight excluding hydrogens is 389 g/mol. The van der Waals surface area contributed by atoms with Crippen molar-refractivity contribution in [1.29, 1.82) is 0 Å². The van der Waals surface area contributed by atoms with Crippen LogP contribution in [0.3, 0.4) is 0 Å². The van der Waals surface area contributed by atoms with E-state index >= 15 is 0 Å². The van der Waals surface area contributed by atoms with Crippen molar-refractivity contribution in [2.75, 3.05) is 0 Å². The molecule has 0 fully saturated rings. The molecule has 0 saturated carbocycles. The van der Waals surface area contributed by atoms with Gasteiger partial charge in [-0.25, -0.2) is 4.39 Å². The summed E-state index contributed by atoms with van der Waals surface area (Å²) >= 11 is 6.59. The van der Waals surface area contributed by atoms with Crippen LogP contribution in [0.1, 0.15) is 17.4 Å². The van der Waals surface area contributed by atoms with Crippen LogP contribution in [0.15, 0.2) is 55.8 Å². The number of hydrogen-bond acceptors (Lipinski definition) is 2. The van der Waals surface area contributed by atoms with Crippen LogP contribution in [0, 0.1) is 5.82 Å². The van der Waals surface area contributed by atoms with Crippen molar-refractivity contribution < 1.29 is 8.81 Å². The first-order valence-corrected chi connectivity index (χ1v) is 7.54. The highest BCUT2D eigenvalue weighted by Crippen LogP contribution is 2.32. The van der Waals surface area contributed by atoms with E-state index in [1.54, 1.807) is 18.2 Å². The van der Waals surface area contributed by atoms with Crippen molar-refractivity contribution >= 4 is 42.8 Å². The molecule has 2 N–H and O–H groups in total. The zero-order valence-electron chi connectivity index (χ0n) is 10.2. The molecule has 2 nitrogen and oxygen atoms in total. The van der Waals surface area contributed by atoms with Gasteiger partial charge in [-0.3, -0.25) is 0 Å². The maximum atomic E-state index is 14.1. The predicted octanol–water partition coefficient (Wildman–Crippen LogP) is 5.15. The Morgan fingerprint density at radius 2 is 1.75 bits per heavy atom. The third kappa shape index (κ3) is 2.30. The molecule has 1 heterocycles. The molecule has 0 aliphatic heterocycles. The molecule has 3 aromatic rings. The van der Waals surface area contributed by atoms with Crippen LogP contribution in [0.25, 0.3) is 11.0 Å². The number of nitrogens with two attached hydrogens (primary N) is 1. The average Bonchev–Trinajstić information content (AvgIpc) is 2.87. The van der Waals surface area contributed by atoms with Gasteiger partial charge < -0.3 is 10.2 Å². The van der Waals surface area contributed by atoms with Crippen LogP contribution in [0.4, 0.5) is 4.39 Å². The minimum atomic E-state index is -0.646. The lowest BCUT2D eigenvalue weighted by Gasteiger charge is -2.10. The van der Waals surface area contributed by atoms with Crippen molar-refractivity contribution in [1.82, 2.24) is 0 Å². The van der Waals surface area contributed by atoms with Crippen LogP contribution in [-0.4, -0.2) is 0 Å². The molecule has 1 atom stereocenters. The first-order chi connectivity index (χ1) is 9.58. The monoisotopic (exact) mass is 397 g/mol. The van der Waals surface area contributed by atoms with Crippen LogP contribution in [0.2, 0.25) is 0 Å². The molecule has 3 rings (SSSR count). The van der Waals surface area contributed by atoms with Gasteiger partial charge in [0.05, 0.1) is 15.0 Å². The number of hydrogen-bond donors (Lipinski definition) is 1. The van der Waals surface area contributed by atoms with Crippen LogP contribution >= 0.6 is 31.9 Å². The minimum absolute atomic E-state index is 0.362. The largest absolute Gasteiger partial charge is 0.458 e. The second kappa shape index (κ2) is 5.31. The molecule has 0 aliphatic carbocycles. The summed E-state index contributed by atoms with van der Waals surface area (Å²) < 4.78 is 21.1. The summed E-state index contributed by atoms with van der Waals surface area (Å²) in [5, 5.41) is 0.931. The lowest BCUT2D eigenvalue weighted by Crippen LogP contribution is -2.12. The number of rotatable bonds is 2. The number of para-hydroxylation sites is 1. The molecule has 0 radical (unpaired) electrons. The lowest BCUT2D eigenvalue weighted by atomic mass is 10.0. The molecule has 1 aromatic heterocycles. The van der Waals surface area contributed by atoms with E-state index in [2.05, 4.69) is 31.9 Å². The van der Waals surface area contributed by atoms with Crippen LogP contribution in [0.5, 0.6) is 0 Å². The SMILES string of the molecule is NC(c1cc2cccc(Br)c2o1)c1cccc(Br)c1F. The molecule has 0 spiro atoms. The van der Waals surface area contributed by atoms with E-state index in [1.165, 1.54) is 0 Å². The molecule has 0 amide bonds. The van der Waals surface area contributed by atoms with Crippen molar-refractivity contribution in [3.8, 4) is 0 Å². The number of halogens is 3. The fraction of sp³-hybridized carbons (Fsp3) is 0.0667. The molecule has 0 aliphatic rings. The number of furan rings is 1. The Bertz CT molecular complexity index is 785. The zero-order chi connectivity index (χ0) is 14.3. The van der Waals surface area contributed by atoms with Crippen LogP contribution < -0.4 is 5.73 Å². The molecular formula is C15H10Br2FNO. The third-order valence-corrected chi connectivity index (χ3v) is 4.38. The predicted molar refractivity (Wildman–Crippen MR) is 84.0 cm³/mol. The Labute approximate surface area is 132 Å². The van der Waals surface area contributed by atoms with Gasteiger partial charge in [0.1, 0.15) is 17.2 Å². The van der Waals surface area contributed by atoms with Gasteiger partial charge >= 0.3 is 0 Å². The highest BCUT2D eigenvalue weighted by Gasteiger charge is 2.19. The Morgan fingerprint density at radius 1 is 1.05 bits per heavy atom. The van der Waals surface area contributed by atoms with Gasteiger partial charge in [0.15, 0.2) is 0 Å². The van der Waals surface area contributed by atoms with E-state index in [9.17, 15) is 4.39 Å². The quantitative estimate of drug-likeness (QED) is 0.648. The van der Waals surface area contributed by atoms with Gasteiger partial charge in [-0.2, -0.15) is 0 Å². The summed E-state index contributed by atoms with van der Waals surface area (Å²) in [6, 6.07) is 12.0. The Hall–Kier alpha value is -1.17. The summed E-state index contributed by atoms with van der Waals surface area (Å²) in [5.74, 6) is 0.170. The second-order valence-electron chi connectivity index (χ2n) is 4.43. The smallest absolute Gasteiger partial charge is 0.148 e. The molecule has 5 heteroatoms. The van der Waals surface area contributed by atoms with E-state index in [0.717, 1.165) is 9.86 Å². The molecule has 20 heavy (non-hydrogen) atoms. The molecule has 1 unspecified atom stereocenters. The first kappa shape index (κ1) is 13.8. The molecule has 2 aromatic carbocycles.